The topological polar surface area (TPSA) is 84.7 Å². The number of ether oxygens (including phenoxy) is 1. The smallest absolute Gasteiger partial charge is 0.253 e. The van der Waals surface area contributed by atoms with Crippen molar-refractivity contribution in [2.24, 2.45) is 4.99 Å². The first kappa shape index (κ1) is 21.8. The molecule has 2 heterocycles. The Hall–Kier alpha value is -3.42. The number of hydrogen-bond acceptors (Lipinski definition) is 4. The van der Waals surface area contributed by atoms with E-state index in [2.05, 4.69) is 15.6 Å². The first-order valence-corrected chi connectivity index (χ1v) is 10.7. The lowest BCUT2D eigenvalue weighted by Crippen LogP contribution is -2.39. The van der Waals surface area contributed by atoms with Crippen LogP contribution in [-0.2, 0) is 10.3 Å². The molecule has 0 unspecified atom stereocenters. The number of aromatic nitrogens is 1. The van der Waals surface area contributed by atoms with E-state index >= 15 is 0 Å². The fraction of sp³-hybridized carbons (Fsp3) is 0.375. The van der Waals surface area contributed by atoms with Crippen LogP contribution in [0.4, 0.5) is 4.39 Å². The maximum atomic E-state index is 14.8. The molecule has 2 aliphatic rings. The third-order valence-electron chi connectivity index (χ3n) is 5.22. The van der Waals surface area contributed by atoms with Gasteiger partial charge in [0.1, 0.15) is 5.84 Å². The lowest BCUT2D eigenvalue weighted by molar-refractivity contribution is -0.118. The number of carbonyl (C=O) groups excluding carboxylic acids is 2. The maximum absolute atomic E-state index is 14.8. The lowest BCUT2D eigenvalue weighted by Gasteiger charge is -2.20. The average molecular weight is 439 g/mol. The monoisotopic (exact) mass is 438 g/mol. The molecule has 0 radical (unpaired) electrons. The Balaban J connectivity index is 1.31. The molecule has 1 fully saturated rings. The van der Waals surface area contributed by atoms with Gasteiger partial charge in [-0.1, -0.05) is 12.1 Å². The molecule has 0 atom stereocenters. The molecule has 0 bridgehead atoms. The molecule has 1 saturated carbocycles. The highest BCUT2D eigenvalue weighted by molar-refractivity contribution is 6.05. The molecule has 2 aromatic rings. The van der Waals surface area contributed by atoms with Crippen molar-refractivity contribution in [2.45, 2.75) is 51.7 Å². The second-order valence-corrected chi connectivity index (χ2v) is 9.00. The number of hydrogen-bond donors (Lipinski definition) is 2. The summed E-state index contributed by atoms with van der Waals surface area (Å²) in [4.78, 5) is 28.9. The molecule has 2 amide bonds. The Kier molecular flexibility index (Phi) is 5.86. The largest absolute Gasteiger partial charge is 0.487 e. The van der Waals surface area contributed by atoms with Crippen LogP contribution in [0.15, 0.2) is 47.7 Å². The molecule has 2 N–H and O–H groups in total. The first-order chi connectivity index (χ1) is 15.2. The number of benzene rings is 1. The molecule has 0 saturated heterocycles. The standard InChI is InChI=1S/C24H27FN4O3/c1-24(2,3)29-12-11-15(14-29)23(31)26-13-21(30)28-20-10-9-18(27-20)17-5-4-6-19(22(17)25)32-16-7-8-16/h4-6,9,11-12,14,16H,7-8,10,13H2,1-3H3,(H,26,31)(H,27,28,30). The third kappa shape index (κ3) is 5.07. The predicted molar refractivity (Wildman–Crippen MR) is 120 cm³/mol. The summed E-state index contributed by atoms with van der Waals surface area (Å²) in [6.45, 7) is 5.92. The Morgan fingerprint density at radius 3 is 2.72 bits per heavy atom. The van der Waals surface area contributed by atoms with Crippen LogP contribution in [0.2, 0.25) is 0 Å². The zero-order valence-electron chi connectivity index (χ0n) is 18.4. The van der Waals surface area contributed by atoms with Gasteiger partial charge in [-0.25, -0.2) is 9.38 Å². The predicted octanol–water partition coefficient (Wildman–Crippen LogP) is 3.61. The minimum atomic E-state index is -0.448. The normalized spacial score (nSPS) is 15.8. The van der Waals surface area contributed by atoms with Crippen molar-refractivity contribution in [1.82, 2.24) is 15.2 Å². The summed E-state index contributed by atoms with van der Waals surface area (Å²) in [7, 11) is 0. The van der Waals surface area contributed by atoms with E-state index < -0.39 is 11.7 Å². The highest BCUT2D eigenvalue weighted by atomic mass is 19.1. The molecular weight excluding hydrogens is 411 g/mol. The molecule has 0 spiro atoms. The van der Waals surface area contributed by atoms with Gasteiger partial charge in [-0.2, -0.15) is 0 Å². The Bertz CT molecular complexity index is 1110. The van der Waals surface area contributed by atoms with Crippen LogP contribution < -0.4 is 15.4 Å². The van der Waals surface area contributed by atoms with Crippen molar-refractivity contribution in [3.63, 3.8) is 0 Å². The van der Waals surface area contributed by atoms with Gasteiger partial charge in [0, 0.05) is 29.9 Å². The molecule has 32 heavy (non-hydrogen) atoms. The molecule has 1 aromatic carbocycles. The second-order valence-electron chi connectivity index (χ2n) is 9.00. The minimum Gasteiger partial charge on any atom is -0.487 e. The SMILES string of the molecule is CC(C)(C)n1ccc(C(=O)NCC(=O)NC2=NC(c3cccc(OC4CC4)c3F)=CC2)c1. The summed E-state index contributed by atoms with van der Waals surface area (Å²) >= 11 is 0. The second kappa shape index (κ2) is 8.61. The van der Waals surface area contributed by atoms with Crippen LogP contribution in [0.3, 0.4) is 0 Å². The zero-order valence-corrected chi connectivity index (χ0v) is 18.4. The van der Waals surface area contributed by atoms with Crippen molar-refractivity contribution in [2.75, 3.05) is 6.54 Å². The van der Waals surface area contributed by atoms with Crippen LogP contribution >= 0.6 is 0 Å². The summed E-state index contributed by atoms with van der Waals surface area (Å²) in [5.41, 5.74) is 1.14. The lowest BCUT2D eigenvalue weighted by atomic mass is 10.1. The molecule has 8 heteroatoms. The number of amidine groups is 1. The van der Waals surface area contributed by atoms with Gasteiger partial charge in [-0.3, -0.25) is 9.59 Å². The van der Waals surface area contributed by atoms with Gasteiger partial charge < -0.3 is 19.9 Å². The van der Waals surface area contributed by atoms with E-state index in [0.29, 0.717) is 29.1 Å². The number of nitrogens with zero attached hydrogens (tertiary/aromatic N) is 2. The van der Waals surface area contributed by atoms with E-state index in [1.165, 1.54) is 0 Å². The van der Waals surface area contributed by atoms with Crippen molar-refractivity contribution >= 4 is 23.3 Å². The van der Waals surface area contributed by atoms with Gasteiger partial charge in [0.2, 0.25) is 5.91 Å². The molecule has 168 valence electrons. The first-order valence-electron chi connectivity index (χ1n) is 10.7. The maximum Gasteiger partial charge on any atom is 0.253 e. The molecule has 1 aromatic heterocycles. The summed E-state index contributed by atoms with van der Waals surface area (Å²) in [5, 5.41) is 5.28. The molecule has 1 aliphatic heterocycles. The third-order valence-corrected chi connectivity index (χ3v) is 5.22. The molecule has 1 aliphatic carbocycles. The van der Waals surface area contributed by atoms with Gasteiger partial charge in [0.25, 0.3) is 5.91 Å². The van der Waals surface area contributed by atoms with E-state index in [1.54, 1.807) is 36.5 Å². The molecular formula is C24H27FN4O3. The average Bonchev–Trinajstić information content (AvgIpc) is 3.21. The quantitative estimate of drug-likeness (QED) is 0.723. The van der Waals surface area contributed by atoms with Crippen LogP contribution in [0.5, 0.6) is 5.75 Å². The summed E-state index contributed by atoms with van der Waals surface area (Å²) < 4.78 is 22.3. The summed E-state index contributed by atoms with van der Waals surface area (Å²) in [6, 6.07) is 6.69. The van der Waals surface area contributed by atoms with Gasteiger partial charge in [-0.15, -0.1) is 0 Å². The van der Waals surface area contributed by atoms with Gasteiger partial charge in [0.05, 0.1) is 23.9 Å². The minimum absolute atomic E-state index is 0.0953. The van der Waals surface area contributed by atoms with Crippen molar-refractivity contribution < 1.29 is 18.7 Å². The fourth-order valence-corrected chi connectivity index (χ4v) is 3.26. The van der Waals surface area contributed by atoms with Crippen molar-refractivity contribution in [3.05, 3.63) is 59.7 Å². The zero-order chi connectivity index (χ0) is 22.9. The van der Waals surface area contributed by atoms with Gasteiger partial charge >= 0.3 is 0 Å². The number of amides is 2. The van der Waals surface area contributed by atoms with Crippen LogP contribution in [0.1, 0.15) is 56.0 Å². The van der Waals surface area contributed by atoms with E-state index in [1.807, 2.05) is 31.5 Å². The van der Waals surface area contributed by atoms with Crippen LogP contribution in [0, 0.1) is 5.82 Å². The van der Waals surface area contributed by atoms with Crippen LogP contribution in [-0.4, -0.2) is 34.9 Å². The van der Waals surface area contributed by atoms with Gasteiger partial charge in [-0.05, 0) is 51.8 Å². The number of aliphatic imine (C=N–C) groups is 1. The Morgan fingerprint density at radius 1 is 1.25 bits per heavy atom. The van der Waals surface area contributed by atoms with E-state index in [4.69, 9.17) is 4.74 Å². The van der Waals surface area contributed by atoms with Gasteiger partial charge in [0.15, 0.2) is 11.6 Å². The molecule has 4 rings (SSSR count). The summed E-state index contributed by atoms with van der Waals surface area (Å²) in [6.07, 6.45) is 7.69. The van der Waals surface area contributed by atoms with E-state index in [0.717, 1.165) is 12.8 Å². The fourth-order valence-electron chi connectivity index (χ4n) is 3.26. The number of rotatable bonds is 6. The Labute approximate surface area is 186 Å². The number of halogens is 1. The van der Waals surface area contributed by atoms with E-state index in [-0.39, 0.29) is 29.8 Å². The van der Waals surface area contributed by atoms with E-state index in [9.17, 15) is 14.0 Å². The highest BCUT2D eigenvalue weighted by Gasteiger charge is 2.26. The van der Waals surface area contributed by atoms with Crippen molar-refractivity contribution in [3.8, 4) is 5.75 Å². The summed E-state index contributed by atoms with van der Waals surface area (Å²) in [5.74, 6) is -0.540. The number of nitrogens with one attached hydrogen (secondary N) is 2. The highest BCUT2D eigenvalue weighted by Crippen LogP contribution is 2.33. The Morgan fingerprint density at radius 2 is 2.03 bits per heavy atom. The molecule has 7 nitrogen and oxygen atoms in total. The van der Waals surface area contributed by atoms with Crippen LogP contribution in [0.25, 0.3) is 5.70 Å². The van der Waals surface area contributed by atoms with Crippen molar-refractivity contribution in [1.29, 1.82) is 0 Å². The number of carbonyl (C=O) groups is 2.